The fraction of sp³-hybridized carbons (Fsp3) is 0.227. The topological polar surface area (TPSA) is 89.3 Å². The summed E-state index contributed by atoms with van der Waals surface area (Å²) >= 11 is 4.76. The van der Waals surface area contributed by atoms with Gasteiger partial charge < -0.3 is 4.98 Å². The monoisotopic (exact) mass is 480 g/mol. The van der Waals surface area contributed by atoms with Crippen molar-refractivity contribution in [1.29, 1.82) is 0 Å². The van der Waals surface area contributed by atoms with Crippen LogP contribution in [0.4, 0.5) is 0 Å². The van der Waals surface area contributed by atoms with Crippen LogP contribution in [0.5, 0.6) is 0 Å². The summed E-state index contributed by atoms with van der Waals surface area (Å²) in [7, 11) is 0. The lowest BCUT2D eigenvalue weighted by Gasteiger charge is -2.05. The van der Waals surface area contributed by atoms with Crippen LogP contribution in [0.1, 0.15) is 21.1 Å². The van der Waals surface area contributed by atoms with Gasteiger partial charge in [0.2, 0.25) is 5.16 Å². The zero-order valence-electron chi connectivity index (χ0n) is 17.5. The highest BCUT2D eigenvalue weighted by Gasteiger charge is 2.17. The highest BCUT2D eigenvalue weighted by molar-refractivity contribution is 7.98. The van der Waals surface area contributed by atoms with Crippen molar-refractivity contribution in [3.8, 4) is 11.1 Å². The van der Waals surface area contributed by atoms with E-state index in [2.05, 4.69) is 63.1 Å². The van der Waals surface area contributed by atoms with Crippen molar-refractivity contribution in [1.82, 2.24) is 30.2 Å². The molecule has 0 aliphatic rings. The number of hydrogen-bond acceptors (Lipinski definition) is 8. The molecule has 0 aliphatic carbocycles. The molecule has 7 nitrogen and oxygen atoms in total. The molecule has 0 saturated heterocycles. The van der Waals surface area contributed by atoms with Crippen molar-refractivity contribution in [2.75, 3.05) is 0 Å². The van der Waals surface area contributed by atoms with Gasteiger partial charge in [-0.2, -0.15) is 0 Å². The van der Waals surface area contributed by atoms with Crippen molar-refractivity contribution in [2.24, 2.45) is 0 Å². The van der Waals surface area contributed by atoms with Crippen LogP contribution in [0.25, 0.3) is 21.3 Å². The number of H-pyrrole nitrogens is 1. The highest BCUT2D eigenvalue weighted by Crippen LogP contribution is 2.35. The quantitative estimate of drug-likeness (QED) is 0.335. The molecule has 32 heavy (non-hydrogen) atoms. The van der Waals surface area contributed by atoms with E-state index in [0.717, 1.165) is 27.3 Å². The van der Waals surface area contributed by atoms with Crippen LogP contribution in [0.3, 0.4) is 0 Å². The van der Waals surface area contributed by atoms with Gasteiger partial charge in [-0.1, -0.05) is 47.7 Å². The van der Waals surface area contributed by atoms with Gasteiger partial charge in [0.25, 0.3) is 5.56 Å². The second-order valence-corrected chi connectivity index (χ2v) is 10.6. The number of thiophene rings is 2. The summed E-state index contributed by atoms with van der Waals surface area (Å²) in [6.07, 6.45) is 0.883. The van der Waals surface area contributed by atoms with Crippen LogP contribution in [0.15, 0.2) is 51.7 Å². The van der Waals surface area contributed by atoms with Crippen LogP contribution in [-0.2, 0) is 18.7 Å². The largest absolute Gasteiger partial charge is 0.309 e. The van der Waals surface area contributed by atoms with Gasteiger partial charge in [0, 0.05) is 21.7 Å². The fourth-order valence-electron chi connectivity index (χ4n) is 3.54. The third-order valence-corrected chi connectivity index (χ3v) is 8.02. The summed E-state index contributed by atoms with van der Waals surface area (Å²) in [5.41, 5.74) is 3.09. The van der Waals surface area contributed by atoms with E-state index < -0.39 is 0 Å². The molecular weight excluding hydrogens is 460 g/mol. The van der Waals surface area contributed by atoms with E-state index in [1.807, 2.05) is 13.0 Å². The van der Waals surface area contributed by atoms with E-state index in [1.165, 1.54) is 22.2 Å². The maximum Gasteiger partial charge on any atom is 0.260 e. The maximum atomic E-state index is 13.0. The minimum absolute atomic E-state index is 0.109. The molecule has 162 valence electrons. The first-order valence-corrected chi connectivity index (χ1v) is 12.8. The van der Waals surface area contributed by atoms with Crippen LogP contribution in [0.2, 0.25) is 0 Å². The number of aromatic nitrogens is 6. The molecule has 0 saturated carbocycles. The van der Waals surface area contributed by atoms with E-state index in [4.69, 9.17) is 4.98 Å². The zero-order valence-corrected chi connectivity index (χ0v) is 20.0. The van der Waals surface area contributed by atoms with E-state index in [0.29, 0.717) is 28.7 Å². The molecule has 0 amide bonds. The van der Waals surface area contributed by atoms with Gasteiger partial charge in [-0.15, -0.1) is 27.8 Å². The van der Waals surface area contributed by atoms with Crippen molar-refractivity contribution >= 4 is 44.7 Å². The lowest BCUT2D eigenvalue weighted by Crippen LogP contribution is -2.11. The van der Waals surface area contributed by atoms with E-state index in [9.17, 15) is 4.79 Å². The lowest BCUT2D eigenvalue weighted by atomic mass is 10.0. The Morgan fingerprint density at radius 3 is 2.78 bits per heavy atom. The molecule has 0 bridgehead atoms. The van der Waals surface area contributed by atoms with Crippen molar-refractivity contribution in [3.05, 3.63) is 73.3 Å². The molecule has 0 unspecified atom stereocenters. The molecule has 1 aromatic carbocycles. The first-order valence-electron chi connectivity index (χ1n) is 10.1. The highest BCUT2D eigenvalue weighted by atomic mass is 32.2. The minimum atomic E-state index is -0.109. The van der Waals surface area contributed by atoms with Crippen LogP contribution >= 0.6 is 34.4 Å². The first-order chi connectivity index (χ1) is 15.6. The molecule has 0 aliphatic heterocycles. The van der Waals surface area contributed by atoms with Gasteiger partial charge in [0.05, 0.1) is 17.7 Å². The van der Waals surface area contributed by atoms with Crippen LogP contribution in [0, 0.1) is 13.8 Å². The summed E-state index contributed by atoms with van der Waals surface area (Å²) in [5.74, 6) is 1.11. The molecular formula is C22H20N6OS3. The van der Waals surface area contributed by atoms with Crippen LogP contribution in [-0.4, -0.2) is 30.2 Å². The summed E-state index contributed by atoms with van der Waals surface area (Å²) in [4.78, 5) is 23.8. The van der Waals surface area contributed by atoms with Gasteiger partial charge in [0.15, 0.2) is 0 Å². The van der Waals surface area contributed by atoms with E-state index in [-0.39, 0.29) is 5.56 Å². The van der Waals surface area contributed by atoms with Gasteiger partial charge >= 0.3 is 0 Å². The number of rotatable bonds is 7. The second-order valence-electron chi connectivity index (χ2n) is 7.39. The molecule has 1 N–H and O–H groups in total. The molecule has 0 atom stereocenters. The van der Waals surface area contributed by atoms with Crippen molar-refractivity contribution in [2.45, 2.75) is 37.7 Å². The minimum Gasteiger partial charge on any atom is -0.309 e. The van der Waals surface area contributed by atoms with E-state index in [1.54, 1.807) is 27.4 Å². The predicted molar refractivity (Wildman–Crippen MR) is 131 cm³/mol. The molecule has 4 aromatic heterocycles. The Morgan fingerprint density at radius 1 is 1.16 bits per heavy atom. The molecule has 5 rings (SSSR count). The molecule has 0 spiro atoms. The fourth-order valence-corrected chi connectivity index (χ4v) is 6.08. The maximum absolute atomic E-state index is 13.0. The molecule has 10 heteroatoms. The number of aromatic amines is 1. The Hall–Kier alpha value is -2.82. The van der Waals surface area contributed by atoms with Gasteiger partial charge in [0.1, 0.15) is 10.7 Å². The summed E-state index contributed by atoms with van der Waals surface area (Å²) < 4.78 is 1.80. The molecule has 0 fully saturated rings. The Balaban J connectivity index is 1.37. The standard InChI is InChI=1S/C22H20N6OS3/c1-13-5-7-15(8-6-13)18-14(2)32-21-19(18)20(29)23-17(24-21)12-31-22-25-26-27-28(22)10-9-16-4-3-11-30-16/h3-8,11H,9-10,12H2,1-2H3,(H,23,24,29). The molecule has 0 radical (unpaired) electrons. The third-order valence-electron chi connectivity index (χ3n) is 5.11. The number of thioether (sulfide) groups is 1. The van der Waals surface area contributed by atoms with E-state index >= 15 is 0 Å². The number of hydrogen-bond donors (Lipinski definition) is 1. The lowest BCUT2D eigenvalue weighted by molar-refractivity contribution is 0.550. The second kappa shape index (κ2) is 8.97. The summed E-state index contributed by atoms with van der Waals surface area (Å²) in [5, 5.41) is 15.5. The number of fused-ring (bicyclic) bond motifs is 1. The Labute approximate surface area is 196 Å². The van der Waals surface area contributed by atoms with Gasteiger partial charge in [-0.25, -0.2) is 9.67 Å². The van der Waals surface area contributed by atoms with Crippen molar-refractivity contribution in [3.63, 3.8) is 0 Å². The average molecular weight is 481 g/mol. The number of nitrogens with one attached hydrogen (secondary N) is 1. The molecule has 5 aromatic rings. The van der Waals surface area contributed by atoms with Gasteiger partial charge in [-0.05, 0) is 41.3 Å². The molecule has 4 heterocycles. The van der Waals surface area contributed by atoms with Crippen LogP contribution < -0.4 is 5.56 Å². The summed E-state index contributed by atoms with van der Waals surface area (Å²) in [6.45, 7) is 4.80. The normalized spacial score (nSPS) is 11.4. The summed E-state index contributed by atoms with van der Waals surface area (Å²) in [6, 6.07) is 12.4. The Kier molecular flexibility index (Phi) is 5.90. The Morgan fingerprint density at radius 2 is 2.00 bits per heavy atom. The zero-order chi connectivity index (χ0) is 22.1. The van der Waals surface area contributed by atoms with Gasteiger partial charge in [-0.3, -0.25) is 4.79 Å². The Bertz CT molecular complexity index is 1420. The first kappa shape index (κ1) is 21.0. The number of aryl methyl sites for hydroxylation is 4. The van der Waals surface area contributed by atoms with Crippen molar-refractivity contribution < 1.29 is 0 Å². The SMILES string of the molecule is Cc1ccc(-c2c(C)sc3nc(CSc4nnnn4CCc4cccs4)[nH]c(=O)c23)cc1. The number of benzene rings is 1. The number of tetrazole rings is 1. The average Bonchev–Trinajstić information content (AvgIpc) is 3.51. The smallest absolute Gasteiger partial charge is 0.260 e. The number of nitrogens with zero attached hydrogens (tertiary/aromatic N) is 5. The third kappa shape index (κ3) is 4.25. The predicted octanol–water partition coefficient (Wildman–Crippen LogP) is 4.85.